The lowest BCUT2D eigenvalue weighted by atomic mass is 10.1. The molecule has 0 atom stereocenters. The van der Waals surface area contributed by atoms with E-state index in [0.29, 0.717) is 0 Å². The summed E-state index contributed by atoms with van der Waals surface area (Å²) >= 11 is 0. The fraction of sp³-hybridized carbons (Fsp3) is 0.600. The van der Waals surface area contributed by atoms with Crippen LogP contribution in [0.3, 0.4) is 0 Å². The van der Waals surface area contributed by atoms with E-state index < -0.39 is 0 Å². The van der Waals surface area contributed by atoms with E-state index in [2.05, 4.69) is 5.32 Å². The number of carbonyl (C=O) groups excluding carboxylic acids is 2. The molecule has 0 saturated heterocycles. The van der Waals surface area contributed by atoms with Crippen molar-refractivity contribution < 1.29 is 9.59 Å². The normalized spacial score (nSPS) is 10.9. The quantitative estimate of drug-likeness (QED) is 0.765. The SMILES string of the molecule is CCCN(CC(=O)NC)CC(=O)c1cc(C)n(C)c1C. The van der Waals surface area contributed by atoms with E-state index >= 15 is 0 Å². The van der Waals surface area contributed by atoms with E-state index in [1.165, 1.54) is 0 Å². The lowest BCUT2D eigenvalue weighted by Crippen LogP contribution is -2.39. The van der Waals surface area contributed by atoms with Crippen LogP contribution in [0.4, 0.5) is 0 Å². The first-order valence-electron chi connectivity index (χ1n) is 6.99. The van der Waals surface area contributed by atoms with Crippen molar-refractivity contribution in [2.45, 2.75) is 27.2 Å². The number of aromatic nitrogens is 1. The van der Waals surface area contributed by atoms with Crippen molar-refractivity contribution in [1.82, 2.24) is 14.8 Å². The van der Waals surface area contributed by atoms with Gasteiger partial charge in [0.25, 0.3) is 0 Å². The summed E-state index contributed by atoms with van der Waals surface area (Å²) in [5, 5.41) is 2.60. The third kappa shape index (κ3) is 3.93. The van der Waals surface area contributed by atoms with E-state index in [1.54, 1.807) is 7.05 Å². The zero-order chi connectivity index (χ0) is 15.3. The number of aryl methyl sites for hydroxylation is 1. The molecule has 0 aromatic carbocycles. The van der Waals surface area contributed by atoms with Crippen molar-refractivity contribution in [3.05, 3.63) is 23.0 Å². The van der Waals surface area contributed by atoms with Crippen LogP contribution in [0.1, 0.15) is 35.1 Å². The molecular weight excluding hydrogens is 254 g/mol. The van der Waals surface area contributed by atoms with Gasteiger partial charge in [-0.05, 0) is 32.9 Å². The number of hydrogen-bond donors (Lipinski definition) is 1. The Morgan fingerprint density at radius 2 is 1.95 bits per heavy atom. The van der Waals surface area contributed by atoms with Gasteiger partial charge in [-0.2, -0.15) is 0 Å². The number of carbonyl (C=O) groups is 2. The number of ketones is 1. The standard InChI is InChI=1S/C15H25N3O2/c1-6-7-18(10-15(20)16-4)9-14(19)13-8-11(2)17(5)12(13)3/h8H,6-7,9-10H2,1-5H3,(H,16,20). The van der Waals surface area contributed by atoms with Crippen LogP contribution in [-0.2, 0) is 11.8 Å². The number of amides is 1. The molecule has 1 rings (SSSR count). The molecule has 0 aliphatic heterocycles. The summed E-state index contributed by atoms with van der Waals surface area (Å²) in [6, 6.07) is 1.92. The first-order valence-corrected chi connectivity index (χ1v) is 6.99. The molecule has 0 spiro atoms. The lowest BCUT2D eigenvalue weighted by molar-refractivity contribution is -0.121. The van der Waals surface area contributed by atoms with Gasteiger partial charge in [0.05, 0.1) is 13.1 Å². The Morgan fingerprint density at radius 1 is 1.30 bits per heavy atom. The van der Waals surface area contributed by atoms with Gasteiger partial charge in [0, 0.05) is 31.0 Å². The fourth-order valence-electron chi connectivity index (χ4n) is 2.24. The molecule has 0 unspecified atom stereocenters. The topological polar surface area (TPSA) is 54.3 Å². The summed E-state index contributed by atoms with van der Waals surface area (Å²) in [6.45, 7) is 7.26. The maximum absolute atomic E-state index is 12.4. The molecular formula is C15H25N3O2. The van der Waals surface area contributed by atoms with Crippen molar-refractivity contribution >= 4 is 11.7 Å². The minimum absolute atomic E-state index is 0.0628. The number of nitrogens with zero attached hydrogens (tertiary/aromatic N) is 2. The molecule has 0 aliphatic rings. The van der Waals surface area contributed by atoms with Crippen molar-refractivity contribution in [3.8, 4) is 0 Å². The number of hydrogen-bond acceptors (Lipinski definition) is 3. The molecule has 5 heteroatoms. The van der Waals surface area contributed by atoms with Gasteiger partial charge in [0.2, 0.25) is 5.91 Å². The smallest absolute Gasteiger partial charge is 0.233 e. The average Bonchev–Trinajstić information content (AvgIpc) is 2.66. The van der Waals surface area contributed by atoms with E-state index in [4.69, 9.17) is 0 Å². The van der Waals surface area contributed by atoms with Crippen molar-refractivity contribution in [2.75, 3.05) is 26.7 Å². The molecule has 20 heavy (non-hydrogen) atoms. The summed E-state index contributed by atoms with van der Waals surface area (Å²) in [5.74, 6) is 0.00997. The van der Waals surface area contributed by atoms with Gasteiger partial charge < -0.3 is 9.88 Å². The van der Waals surface area contributed by atoms with Crippen molar-refractivity contribution in [2.24, 2.45) is 7.05 Å². The van der Waals surface area contributed by atoms with Crippen molar-refractivity contribution in [1.29, 1.82) is 0 Å². The molecule has 112 valence electrons. The molecule has 1 amide bonds. The molecule has 0 fully saturated rings. The summed E-state index contributed by atoms with van der Waals surface area (Å²) in [5.41, 5.74) is 2.80. The Labute approximate surface area is 120 Å². The van der Waals surface area contributed by atoms with Gasteiger partial charge in [-0.3, -0.25) is 14.5 Å². The first-order chi connectivity index (χ1) is 9.40. The van der Waals surface area contributed by atoms with Crippen LogP contribution in [-0.4, -0.2) is 47.8 Å². The van der Waals surface area contributed by atoms with Crippen LogP contribution in [0.2, 0.25) is 0 Å². The number of Topliss-reactive ketones (excluding diaryl/α,β-unsaturated/α-hetero) is 1. The molecule has 0 aliphatic carbocycles. The van der Waals surface area contributed by atoms with Crippen LogP contribution in [0.25, 0.3) is 0 Å². The van der Waals surface area contributed by atoms with Crippen LogP contribution in [0.5, 0.6) is 0 Å². The third-order valence-corrected chi connectivity index (χ3v) is 3.63. The lowest BCUT2D eigenvalue weighted by Gasteiger charge is -2.19. The van der Waals surface area contributed by atoms with Gasteiger partial charge in [0.15, 0.2) is 5.78 Å². The predicted molar refractivity (Wildman–Crippen MR) is 80.0 cm³/mol. The summed E-state index contributed by atoms with van der Waals surface area (Å²) in [7, 11) is 3.56. The molecule has 1 aromatic rings. The van der Waals surface area contributed by atoms with Crippen LogP contribution in [0, 0.1) is 13.8 Å². The minimum atomic E-state index is -0.0628. The Bertz CT molecular complexity index is 492. The Kier molecular flexibility index (Phi) is 5.95. The average molecular weight is 279 g/mol. The van der Waals surface area contributed by atoms with Gasteiger partial charge in [0.1, 0.15) is 0 Å². The van der Waals surface area contributed by atoms with Gasteiger partial charge in [-0.25, -0.2) is 0 Å². The molecule has 1 heterocycles. The van der Waals surface area contributed by atoms with Crippen molar-refractivity contribution in [3.63, 3.8) is 0 Å². The maximum Gasteiger partial charge on any atom is 0.233 e. The first kappa shape index (κ1) is 16.4. The highest BCUT2D eigenvalue weighted by Gasteiger charge is 2.18. The van der Waals surface area contributed by atoms with Crippen LogP contribution in [0.15, 0.2) is 6.07 Å². The van der Waals surface area contributed by atoms with E-state index in [-0.39, 0.29) is 24.8 Å². The Balaban J connectivity index is 2.79. The highest BCUT2D eigenvalue weighted by molar-refractivity contribution is 5.99. The largest absolute Gasteiger partial charge is 0.358 e. The molecule has 0 radical (unpaired) electrons. The summed E-state index contributed by atoms with van der Waals surface area (Å²) < 4.78 is 2.01. The van der Waals surface area contributed by atoms with Gasteiger partial charge in [-0.1, -0.05) is 6.92 Å². The van der Waals surface area contributed by atoms with E-state index in [1.807, 2.05) is 43.4 Å². The highest BCUT2D eigenvalue weighted by atomic mass is 16.2. The molecule has 0 saturated carbocycles. The minimum Gasteiger partial charge on any atom is -0.358 e. The highest BCUT2D eigenvalue weighted by Crippen LogP contribution is 2.14. The fourth-order valence-corrected chi connectivity index (χ4v) is 2.24. The molecule has 1 aromatic heterocycles. The number of rotatable bonds is 7. The predicted octanol–water partition coefficient (Wildman–Crippen LogP) is 1.28. The zero-order valence-electron chi connectivity index (χ0n) is 13.1. The van der Waals surface area contributed by atoms with Crippen LogP contribution < -0.4 is 5.32 Å². The zero-order valence-corrected chi connectivity index (χ0v) is 13.1. The number of likely N-dealkylation sites (N-methyl/N-ethyl adjacent to an activating group) is 1. The van der Waals surface area contributed by atoms with Crippen LogP contribution >= 0.6 is 0 Å². The molecule has 5 nitrogen and oxygen atoms in total. The second-order valence-corrected chi connectivity index (χ2v) is 5.15. The molecule has 1 N–H and O–H groups in total. The van der Waals surface area contributed by atoms with Gasteiger partial charge in [-0.15, -0.1) is 0 Å². The second kappa shape index (κ2) is 7.24. The summed E-state index contributed by atoms with van der Waals surface area (Å²) in [6.07, 6.45) is 0.914. The monoisotopic (exact) mass is 279 g/mol. The van der Waals surface area contributed by atoms with E-state index in [9.17, 15) is 9.59 Å². The maximum atomic E-state index is 12.4. The third-order valence-electron chi connectivity index (χ3n) is 3.63. The second-order valence-electron chi connectivity index (χ2n) is 5.15. The summed E-state index contributed by atoms with van der Waals surface area (Å²) in [4.78, 5) is 25.8. The van der Waals surface area contributed by atoms with E-state index in [0.717, 1.165) is 29.9 Å². The molecule has 0 bridgehead atoms. The van der Waals surface area contributed by atoms with Gasteiger partial charge >= 0.3 is 0 Å². The Hall–Kier alpha value is -1.62. The Morgan fingerprint density at radius 3 is 2.40 bits per heavy atom. The number of nitrogens with one attached hydrogen (secondary N) is 1.